The first-order valence-corrected chi connectivity index (χ1v) is 3.43. The van der Waals surface area contributed by atoms with Crippen LogP contribution in [0.5, 0.6) is 0 Å². The van der Waals surface area contributed by atoms with Crippen molar-refractivity contribution in [3.8, 4) is 6.07 Å². The maximum absolute atomic E-state index is 9.40. The molecule has 1 N–H and O–H groups in total. The van der Waals surface area contributed by atoms with Gasteiger partial charge in [0.2, 0.25) is 0 Å². The maximum Gasteiger partial charge on any atom is 0.130 e. The molecule has 0 aliphatic rings. The highest BCUT2D eigenvalue weighted by atomic mass is 16.3. The number of aliphatic hydroxyl groups excluding tert-OH is 1. The van der Waals surface area contributed by atoms with E-state index in [0.717, 1.165) is 0 Å². The van der Waals surface area contributed by atoms with Gasteiger partial charge in [-0.15, -0.1) is 0 Å². The van der Waals surface area contributed by atoms with Crippen LogP contribution in [0.4, 0.5) is 0 Å². The summed E-state index contributed by atoms with van der Waals surface area (Å²) in [6.07, 6.45) is 0.583. The van der Waals surface area contributed by atoms with E-state index >= 15 is 0 Å². The Morgan fingerprint density at radius 2 is 2.42 bits per heavy atom. The molecule has 0 bridgehead atoms. The number of hydrogen-bond acceptors (Lipinski definition) is 3. The molecule has 1 atom stereocenters. The summed E-state index contributed by atoms with van der Waals surface area (Å²) in [4.78, 5) is 3.89. The fourth-order valence-corrected chi connectivity index (χ4v) is 0.777. The van der Waals surface area contributed by atoms with Crippen molar-refractivity contribution in [2.24, 2.45) is 0 Å². The van der Waals surface area contributed by atoms with Gasteiger partial charge in [-0.2, -0.15) is 5.26 Å². The van der Waals surface area contributed by atoms with Crippen LogP contribution < -0.4 is 0 Å². The first-order chi connectivity index (χ1) is 5.75. The van der Waals surface area contributed by atoms with Gasteiger partial charge in [0.1, 0.15) is 6.10 Å². The van der Waals surface area contributed by atoms with Crippen molar-refractivity contribution in [3.05, 3.63) is 42.2 Å². The summed E-state index contributed by atoms with van der Waals surface area (Å²) >= 11 is 0. The smallest absolute Gasteiger partial charge is 0.130 e. The quantitative estimate of drug-likeness (QED) is 0.661. The number of hydrogen-bond donors (Lipinski definition) is 1. The molecule has 0 aliphatic carbocycles. The Kier molecular flexibility index (Phi) is 2.57. The molecule has 1 heterocycles. The number of rotatable bonds is 2. The summed E-state index contributed by atoms with van der Waals surface area (Å²) in [7, 11) is 0. The minimum atomic E-state index is -0.976. The Bertz CT molecular complexity index is 313. The highest BCUT2D eigenvalue weighted by molar-refractivity contribution is 5.27. The number of pyridine rings is 1. The SMILES string of the molecule is C=C(C#N)[C@H](O)c1ccccn1. The Morgan fingerprint density at radius 3 is 2.92 bits per heavy atom. The van der Waals surface area contributed by atoms with Crippen LogP contribution in [-0.2, 0) is 0 Å². The van der Waals surface area contributed by atoms with Gasteiger partial charge in [-0.3, -0.25) is 4.98 Å². The van der Waals surface area contributed by atoms with E-state index in [0.29, 0.717) is 5.69 Å². The van der Waals surface area contributed by atoms with Crippen molar-refractivity contribution in [2.75, 3.05) is 0 Å². The van der Waals surface area contributed by atoms with Crippen molar-refractivity contribution in [1.82, 2.24) is 4.98 Å². The fraction of sp³-hybridized carbons (Fsp3) is 0.111. The van der Waals surface area contributed by atoms with Gasteiger partial charge >= 0.3 is 0 Å². The molecule has 12 heavy (non-hydrogen) atoms. The lowest BCUT2D eigenvalue weighted by atomic mass is 10.1. The van der Waals surface area contributed by atoms with Gasteiger partial charge in [0.25, 0.3) is 0 Å². The molecular weight excluding hydrogens is 152 g/mol. The van der Waals surface area contributed by atoms with Crippen molar-refractivity contribution >= 4 is 0 Å². The van der Waals surface area contributed by atoms with Crippen molar-refractivity contribution in [3.63, 3.8) is 0 Å². The molecule has 60 valence electrons. The minimum absolute atomic E-state index is 0.105. The van der Waals surface area contributed by atoms with Crippen LogP contribution in [0.3, 0.4) is 0 Å². The predicted molar refractivity (Wildman–Crippen MR) is 43.9 cm³/mol. The Hall–Kier alpha value is -1.66. The molecule has 0 saturated carbocycles. The van der Waals surface area contributed by atoms with E-state index in [1.54, 1.807) is 30.5 Å². The molecule has 0 fully saturated rings. The molecule has 0 aromatic carbocycles. The molecule has 0 unspecified atom stereocenters. The summed E-state index contributed by atoms with van der Waals surface area (Å²) in [6, 6.07) is 6.91. The Balaban J connectivity index is 2.87. The van der Waals surface area contributed by atoms with Crippen LogP contribution >= 0.6 is 0 Å². The third-order valence-electron chi connectivity index (χ3n) is 1.44. The van der Waals surface area contributed by atoms with E-state index in [2.05, 4.69) is 11.6 Å². The highest BCUT2D eigenvalue weighted by Crippen LogP contribution is 2.15. The highest BCUT2D eigenvalue weighted by Gasteiger charge is 2.10. The van der Waals surface area contributed by atoms with Crippen molar-refractivity contribution < 1.29 is 5.11 Å². The first kappa shape index (κ1) is 8.44. The van der Waals surface area contributed by atoms with Crippen LogP contribution in [0.2, 0.25) is 0 Å². The molecule has 0 amide bonds. The van der Waals surface area contributed by atoms with Crippen LogP contribution in [0.1, 0.15) is 11.8 Å². The zero-order valence-corrected chi connectivity index (χ0v) is 6.44. The first-order valence-electron chi connectivity index (χ1n) is 3.43. The molecule has 3 heteroatoms. The lowest BCUT2D eigenvalue weighted by Gasteiger charge is -2.05. The third kappa shape index (κ3) is 1.68. The van der Waals surface area contributed by atoms with Crippen LogP contribution in [0.25, 0.3) is 0 Å². The molecule has 1 aromatic rings. The van der Waals surface area contributed by atoms with Gasteiger partial charge in [0.15, 0.2) is 0 Å². The topological polar surface area (TPSA) is 56.9 Å². The summed E-state index contributed by atoms with van der Waals surface area (Å²) in [5.74, 6) is 0. The van der Waals surface area contributed by atoms with E-state index in [-0.39, 0.29) is 5.57 Å². The molecule has 0 saturated heterocycles. The molecule has 3 nitrogen and oxygen atoms in total. The van der Waals surface area contributed by atoms with E-state index in [1.807, 2.05) is 0 Å². The number of nitriles is 1. The third-order valence-corrected chi connectivity index (χ3v) is 1.44. The van der Waals surface area contributed by atoms with Crippen LogP contribution in [-0.4, -0.2) is 10.1 Å². The lowest BCUT2D eigenvalue weighted by molar-refractivity contribution is 0.216. The van der Waals surface area contributed by atoms with Gasteiger partial charge in [-0.05, 0) is 12.1 Å². The van der Waals surface area contributed by atoms with Crippen molar-refractivity contribution in [2.45, 2.75) is 6.10 Å². The van der Waals surface area contributed by atoms with Gasteiger partial charge in [0.05, 0.1) is 17.3 Å². The second kappa shape index (κ2) is 3.65. The van der Waals surface area contributed by atoms with E-state index in [9.17, 15) is 5.11 Å². The predicted octanol–water partition coefficient (Wildman–Crippen LogP) is 1.19. The number of aromatic nitrogens is 1. The largest absolute Gasteiger partial charge is 0.381 e. The number of aliphatic hydroxyl groups is 1. The van der Waals surface area contributed by atoms with E-state index in [4.69, 9.17) is 5.26 Å². The summed E-state index contributed by atoms with van der Waals surface area (Å²) in [5.41, 5.74) is 0.553. The van der Waals surface area contributed by atoms with Gasteiger partial charge in [-0.1, -0.05) is 12.6 Å². The summed E-state index contributed by atoms with van der Waals surface area (Å²) in [6.45, 7) is 3.40. The summed E-state index contributed by atoms with van der Waals surface area (Å²) < 4.78 is 0. The Morgan fingerprint density at radius 1 is 1.67 bits per heavy atom. The molecule has 1 rings (SSSR count). The average molecular weight is 160 g/mol. The molecule has 1 aromatic heterocycles. The van der Waals surface area contributed by atoms with Gasteiger partial charge in [0, 0.05) is 6.20 Å². The second-order valence-corrected chi connectivity index (χ2v) is 2.29. The zero-order chi connectivity index (χ0) is 8.97. The molecule has 0 radical (unpaired) electrons. The summed E-state index contributed by atoms with van der Waals surface area (Å²) in [5, 5.41) is 17.8. The normalized spacial score (nSPS) is 11.7. The zero-order valence-electron chi connectivity index (χ0n) is 6.44. The number of nitrogens with zero attached hydrogens (tertiary/aromatic N) is 2. The second-order valence-electron chi connectivity index (χ2n) is 2.29. The monoisotopic (exact) mass is 160 g/mol. The maximum atomic E-state index is 9.40. The van der Waals surface area contributed by atoms with E-state index < -0.39 is 6.10 Å². The minimum Gasteiger partial charge on any atom is -0.381 e. The Labute approximate surface area is 70.6 Å². The van der Waals surface area contributed by atoms with Crippen LogP contribution in [0, 0.1) is 11.3 Å². The van der Waals surface area contributed by atoms with E-state index in [1.165, 1.54) is 0 Å². The van der Waals surface area contributed by atoms with Gasteiger partial charge in [-0.25, -0.2) is 0 Å². The average Bonchev–Trinajstić information content (AvgIpc) is 2.17. The lowest BCUT2D eigenvalue weighted by Crippen LogP contribution is -2.00. The van der Waals surface area contributed by atoms with Crippen molar-refractivity contribution in [1.29, 1.82) is 5.26 Å². The van der Waals surface area contributed by atoms with Gasteiger partial charge < -0.3 is 5.11 Å². The molecule has 0 spiro atoms. The molecular formula is C9H8N2O. The fourth-order valence-electron chi connectivity index (χ4n) is 0.777. The standard InChI is InChI=1S/C9H8N2O/c1-7(6-10)9(12)8-4-2-3-5-11-8/h2-5,9,12H,1H2/t9-/m0/s1. The van der Waals surface area contributed by atoms with Crippen LogP contribution in [0.15, 0.2) is 36.5 Å². The molecule has 0 aliphatic heterocycles.